The third kappa shape index (κ3) is 3.27. The topological polar surface area (TPSA) is 57.7 Å². The molecule has 0 saturated carbocycles. The van der Waals surface area contributed by atoms with E-state index in [-0.39, 0.29) is 16.6 Å². The second-order valence-corrected chi connectivity index (χ2v) is 9.94. The standard InChI is InChI=1S/C20H20BrFN2O3S/c1-13(25)23-9-7-15-10-16(21)12-19(20(15)23)28(26,27)24-8-3-6-18(24)14-4-2-5-17(22)11-14/h2,4-5,10-12,18H,3,6-9H2,1H3/t18-/m1/s1. The molecule has 1 amide bonds. The van der Waals surface area contributed by atoms with E-state index in [0.717, 1.165) is 5.56 Å². The lowest BCUT2D eigenvalue weighted by atomic mass is 10.1. The summed E-state index contributed by atoms with van der Waals surface area (Å²) in [6.45, 7) is 2.28. The van der Waals surface area contributed by atoms with Crippen LogP contribution in [-0.4, -0.2) is 31.7 Å². The van der Waals surface area contributed by atoms with Crippen LogP contribution in [0.1, 0.15) is 36.9 Å². The zero-order chi connectivity index (χ0) is 20.1. The molecular weight excluding hydrogens is 447 g/mol. The van der Waals surface area contributed by atoms with E-state index >= 15 is 0 Å². The molecule has 0 aliphatic carbocycles. The molecule has 1 fully saturated rings. The second kappa shape index (κ2) is 7.24. The second-order valence-electron chi connectivity index (χ2n) is 7.16. The van der Waals surface area contributed by atoms with E-state index in [1.807, 2.05) is 6.07 Å². The molecule has 0 unspecified atom stereocenters. The Morgan fingerprint density at radius 1 is 1.21 bits per heavy atom. The Labute approximate surface area is 172 Å². The molecule has 2 aromatic rings. The summed E-state index contributed by atoms with van der Waals surface area (Å²) in [7, 11) is -3.88. The summed E-state index contributed by atoms with van der Waals surface area (Å²) in [5, 5.41) is 0. The molecule has 1 atom stereocenters. The molecule has 2 heterocycles. The minimum absolute atomic E-state index is 0.132. The Morgan fingerprint density at radius 3 is 2.71 bits per heavy atom. The molecule has 4 rings (SSSR count). The van der Waals surface area contributed by atoms with Gasteiger partial charge < -0.3 is 4.90 Å². The fraction of sp³-hybridized carbons (Fsp3) is 0.350. The first kappa shape index (κ1) is 19.5. The molecule has 2 aliphatic heterocycles. The van der Waals surface area contributed by atoms with Gasteiger partial charge in [0.05, 0.1) is 11.7 Å². The lowest BCUT2D eigenvalue weighted by Crippen LogP contribution is -2.33. The number of hydrogen-bond acceptors (Lipinski definition) is 3. The molecule has 8 heteroatoms. The van der Waals surface area contributed by atoms with Crippen LogP contribution < -0.4 is 4.90 Å². The maximum Gasteiger partial charge on any atom is 0.245 e. The minimum Gasteiger partial charge on any atom is -0.311 e. The first-order valence-corrected chi connectivity index (χ1v) is 11.4. The van der Waals surface area contributed by atoms with Crippen LogP contribution >= 0.6 is 15.9 Å². The number of anilines is 1. The summed E-state index contributed by atoms with van der Waals surface area (Å²) in [4.78, 5) is 13.7. The van der Waals surface area contributed by atoms with Gasteiger partial charge in [0.25, 0.3) is 0 Å². The third-order valence-corrected chi connectivity index (χ3v) is 7.78. The summed E-state index contributed by atoms with van der Waals surface area (Å²) < 4.78 is 43.1. The Hall–Kier alpha value is -1.77. The van der Waals surface area contributed by atoms with E-state index in [0.29, 0.717) is 48.1 Å². The number of rotatable bonds is 3. The van der Waals surface area contributed by atoms with Crippen molar-refractivity contribution in [1.29, 1.82) is 0 Å². The first-order valence-electron chi connectivity index (χ1n) is 9.17. The lowest BCUT2D eigenvalue weighted by Gasteiger charge is -2.27. The Kier molecular flexibility index (Phi) is 5.05. The van der Waals surface area contributed by atoms with Crippen LogP contribution in [0.5, 0.6) is 0 Å². The van der Waals surface area contributed by atoms with Crippen LogP contribution in [0.4, 0.5) is 10.1 Å². The highest BCUT2D eigenvalue weighted by molar-refractivity contribution is 9.10. The van der Waals surface area contributed by atoms with Gasteiger partial charge in [0.15, 0.2) is 0 Å². The number of fused-ring (bicyclic) bond motifs is 1. The van der Waals surface area contributed by atoms with Gasteiger partial charge in [-0.25, -0.2) is 12.8 Å². The Bertz CT molecular complexity index is 1060. The van der Waals surface area contributed by atoms with Gasteiger partial charge in [-0.05, 0) is 54.7 Å². The van der Waals surface area contributed by atoms with E-state index in [1.165, 1.54) is 28.3 Å². The van der Waals surface area contributed by atoms with E-state index < -0.39 is 16.1 Å². The molecule has 2 aromatic carbocycles. The molecule has 148 valence electrons. The van der Waals surface area contributed by atoms with Crippen molar-refractivity contribution in [1.82, 2.24) is 4.31 Å². The molecule has 0 spiro atoms. The number of carbonyl (C=O) groups excluding carboxylic acids is 1. The molecule has 0 radical (unpaired) electrons. The number of nitrogens with zero attached hydrogens (tertiary/aromatic N) is 2. The molecule has 0 N–H and O–H groups in total. The van der Waals surface area contributed by atoms with E-state index in [9.17, 15) is 17.6 Å². The van der Waals surface area contributed by atoms with Gasteiger partial charge in [0.1, 0.15) is 10.7 Å². The lowest BCUT2D eigenvalue weighted by molar-refractivity contribution is -0.116. The van der Waals surface area contributed by atoms with Crippen molar-refractivity contribution in [2.45, 2.75) is 37.1 Å². The number of benzene rings is 2. The van der Waals surface area contributed by atoms with E-state index in [1.54, 1.807) is 18.2 Å². The number of sulfonamides is 1. The van der Waals surface area contributed by atoms with Crippen LogP contribution in [0.15, 0.2) is 45.8 Å². The minimum atomic E-state index is -3.88. The number of halogens is 2. The monoisotopic (exact) mass is 466 g/mol. The zero-order valence-corrected chi connectivity index (χ0v) is 17.8. The highest BCUT2D eigenvalue weighted by atomic mass is 79.9. The fourth-order valence-electron chi connectivity index (χ4n) is 4.18. The predicted octanol–water partition coefficient (Wildman–Crippen LogP) is 4.02. The molecule has 1 saturated heterocycles. The maximum absolute atomic E-state index is 13.7. The molecule has 2 aliphatic rings. The third-order valence-electron chi connectivity index (χ3n) is 5.40. The van der Waals surface area contributed by atoms with Gasteiger partial charge >= 0.3 is 0 Å². The van der Waals surface area contributed by atoms with Crippen molar-refractivity contribution < 1.29 is 17.6 Å². The first-order chi connectivity index (χ1) is 13.3. The average Bonchev–Trinajstić information content (AvgIpc) is 3.28. The predicted molar refractivity (Wildman–Crippen MR) is 108 cm³/mol. The fourth-order valence-corrected chi connectivity index (χ4v) is 6.78. The molecule has 5 nitrogen and oxygen atoms in total. The van der Waals surface area contributed by atoms with Crippen molar-refractivity contribution in [3.8, 4) is 0 Å². The zero-order valence-electron chi connectivity index (χ0n) is 15.4. The highest BCUT2D eigenvalue weighted by Crippen LogP contribution is 2.43. The van der Waals surface area contributed by atoms with Crippen LogP contribution in [0.3, 0.4) is 0 Å². The van der Waals surface area contributed by atoms with Crippen LogP contribution in [0.2, 0.25) is 0 Å². The van der Waals surface area contributed by atoms with E-state index in [4.69, 9.17) is 0 Å². The van der Waals surface area contributed by atoms with Gasteiger partial charge in [-0.15, -0.1) is 0 Å². The molecule has 28 heavy (non-hydrogen) atoms. The maximum atomic E-state index is 13.7. The van der Waals surface area contributed by atoms with Crippen molar-refractivity contribution in [3.63, 3.8) is 0 Å². The summed E-state index contributed by atoms with van der Waals surface area (Å²) in [6, 6.07) is 9.12. The molecule has 0 aromatic heterocycles. The summed E-state index contributed by atoms with van der Waals surface area (Å²) in [5.74, 6) is -0.562. The Morgan fingerprint density at radius 2 is 2.00 bits per heavy atom. The van der Waals surface area contributed by atoms with Crippen molar-refractivity contribution >= 4 is 37.5 Å². The Balaban J connectivity index is 1.82. The van der Waals surface area contributed by atoms with Crippen LogP contribution in [0.25, 0.3) is 0 Å². The highest BCUT2D eigenvalue weighted by Gasteiger charge is 2.40. The van der Waals surface area contributed by atoms with Crippen molar-refractivity contribution in [2.75, 3.05) is 18.0 Å². The van der Waals surface area contributed by atoms with Gasteiger partial charge in [-0.3, -0.25) is 4.79 Å². The summed E-state index contributed by atoms with van der Waals surface area (Å²) >= 11 is 3.41. The summed E-state index contributed by atoms with van der Waals surface area (Å²) in [5.41, 5.74) is 1.96. The molecular formula is C20H20BrFN2O3S. The van der Waals surface area contributed by atoms with Crippen LogP contribution in [-0.2, 0) is 21.2 Å². The normalized spacial score (nSPS) is 19.8. The van der Waals surface area contributed by atoms with Gasteiger partial charge in [0, 0.05) is 24.5 Å². The van der Waals surface area contributed by atoms with Gasteiger partial charge in [-0.2, -0.15) is 4.31 Å². The van der Waals surface area contributed by atoms with Crippen LogP contribution in [0, 0.1) is 5.82 Å². The largest absolute Gasteiger partial charge is 0.311 e. The number of amides is 1. The average molecular weight is 467 g/mol. The number of hydrogen-bond donors (Lipinski definition) is 0. The van der Waals surface area contributed by atoms with E-state index in [2.05, 4.69) is 15.9 Å². The summed E-state index contributed by atoms with van der Waals surface area (Å²) in [6.07, 6.45) is 1.95. The van der Waals surface area contributed by atoms with Crippen molar-refractivity contribution in [2.24, 2.45) is 0 Å². The number of carbonyl (C=O) groups is 1. The van der Waals surface area contributed by atoms with Gasteiger partial charge in [0.2, 0.25) is 15.9 Å². The van der Waals surface area contributed by atoms with Crippen molar-refractivity contribution in [3.05, 3.63) is 57.8 Å². The SMILES string of the molecule is CC(=O)N1CCc2cc(Br)cc(S(=O)(=O)N3CCC[C@@H]3c3cccc(F)c3)c21. The quantitative estimate of drug-likeness (QED) is 0.685. The van der Waals surface area contributed by atoms with Gasteiger partial charge in [-0.1, -0.05) is 28.1 Å². The smallest absolute Gasteiger partial charge is 0.245 e. The molecule has 0 bridgehead atoms.